The fraction of sp³-hybridized carbons (Fsp3) is 0.278. The Hall–Kier alpha value is -2.39. The molecular formula is C18H22N2O5S2. The van der Waals surface area contributed by atoms with Crippen LogP contribution < -0.4 is 10.0 Å². The highest BCUT2D eigenvalue weighted by molar-refractivity contribution is 7.92. The van der Waals surface area contributed by atoms with Crippen molar-refractivity contribution in [3.8, 4) is 0 Å². The number of carbonyl (C=O) groups excluding carboxylic acids is 1. The van der Waals surface area contributed by atoms with Gasteiger partial charge in [-0.1, -0.05) is 18.2 Å². The van der Waals surface area contributed by atoms with Gasteiger partial charge >= 0.3 is 0 Å². The summed E-state index contributed by atoms with van der Waals surface area (Å²) in [6.45, 7) is 3.31. The van der Waals surface area contributed by atoms with Crippen LogP contribution in [0.1, 0.15) is 29.8 Å². The molecule has 27 heavy (non-hydrogen) atoms. The highest BCUT2D eigenvalue weighted by Crippen LogP contribution is 2.18. The number of hydrogen-bond acceptors (Lipinski definition) is 5. The maximum atomic E-state index is 12.3. The third-order valence-electron chi connectivity index (χ3n) is 3.82. The van der Waals surface area contributed by atoms with Gasteiger partial charge in [0.25, 0.3) is 5.91 Å². The Kier molecular flexibility index (Phi) is 6.27. The summed E-state index contributed by atoms with van der Waals surface area (Å²) in [4.78, 5) is 12.5. The topological polar surface area (TPSA) is 109 Å². The number of sulfone groups is 1. The number of amides is 1. The molecule has 9 heteroatoms. The average molecular weight is 411 g/mol. The number of anilines is 1. The normalized spacial score (nSPS) is 12.0. The summed E-state index contributed by atoms with van der Waals surface area (Å²) >= 11 is 0. The van der Waals surface area contributed by atoms with E-state index >= 15 is 0 Å². The van der Waals surface area contributed by atoms with E-state index in [-0.39, 0.29) is 11.4 Å². The van der Waals surface area contributed by atoms with Crippen molar-refractivity contribution in [2.75, 3.05) is 11.0 Å². The fourth-order valence-corrected chi connectivity index (χ4v) is 3.98. The van der Waals surface area contributed by atoms with Crippen LogP contribution in [0.3, 0.4) is 0 Å². The van der Waals surface area contributed by atoms with Crippen LogP contribution in [-0.2, 0) is 26.4 Å². The third-order valence-corrected chi connectivity index (χ3v) is 6.58. The second kappa shape index (κ2) is 8.10. The molecule has 0 saturated heterocycles. The van der Waals surface area contributed by atoms with E-state index in [1.165, 1.54) is 24.3 Å². The molecule has 146 valence electrons. The molecule has 0 bridgehead atoms. The fourth-order valence-electron chi connectivity index (χ4n) is 2.32. The Labute approximate surface area is 159 Å². The van der Waals surface area contributed by atoms with E-state index in [1.54, 1.807) is 38.1 Å². The van der Waals surface area contributed by atoms with Crippen LogP contribution >= 0.6 is 0 Å². The number of sulfonamides is 1. The molecule has 2 aromatic rings. The van der Waals surface area contributed by atoms with Gasteiger partial charge in [0.15, 0.2) is 9.84 Å². The SMILES string of the molecule is CC(C)S(=O)(=O)c1ccc(C(=O)NCc2ccccc2NS(C)(=O)=O)cc1. The summed E-state index contributed by atoms with van der Waals surface area (Å²) in [5.41, 5.74) is 1.31. The van der Waals surface area contributed by atoms with E-state index in [2.05, 4.69) is 10.0 Å². The molecule has 0 aliphatic carbocycles. The first-order chi connectivity index (χ1) is 12.5. The summed E-state index contributed by atoms with van der Waals surface area (Å²) in [5, 5.41) is 2.15. The maximum Gasteiger partial charge on any atom is 0.251 e. The lowest BCUT2D eigenvalue weighted by Gasteiger charge is -2.12. The highest BCUT2D eigenvalue weighted by atomic mass is 32.2. The summed E-state index contributed by atoms with van der Waals surface area (Å²) in [6.07, 6.45) is 1.05. The lowest BCUT2D eigenvalue weighted by molar-refractivity contribution is 0.0951. The maximum absolute atomic E-state index is 12.3. The standard InChI is InChI=1S/C18H22N2O5S2/c1-13(2)27(24,25)16-10-8-14(9-11-16)18(21)19-12-15-6-4-5-7-17(15)20-26(3,22)23/h4-11,13,20H,12H2,1-3H3,(H,19,21). The molecule has 0 radical (unpaired) electrons. The zero-order chi connectivity index (χ0) is 20.2. The summed E-state index contributed by atoms with van der Waals surface area (Å²) in [5.74, 6) is -0.391. The van der Waals surface area contributed by atoms with E-state index in [0.717, 1.165) is 6.26 Å². The number of nitrogens with one attached hydrogen (secondary N) is 2. The molecule has 0 atom stereocenters. The predicted molar refractivity (Wildman–Crippen MR) is 105 cm³/mol. The lowest BCUT2D eigenvalue weighted by Crippen LogP contribution is -2.24. The number of carbonyl (C=O) groups is 1. The average Bonchev–Trinajstić information content (AvgIpc) is 2.59. The number of benzene rings is 2. The Morgan fingerprint density at radius 1 is 0.963 bits per heavy atom. The summed E-state index contributed by atoms with van der Waals surface area (Å²) < 4.78 is 49.5. The minimum atomic E-state index is -3.44. The van der Waals surface area contributed by atoms with E-state index in [1.807, 2.05) is 0 Å². The molecule has 0 unspecified atom stereocenters. The minimum Gasteiger partial charge on any atom is -0.348 e. The van der Waals surface area contributed by atoms with Gasteiger partial charge in [0.05, 0.1) is 22.1 Å². The highest BCUT2D eigenvalue weighted by Gasteiger charge is 2.19. The van der Waals surface area contributed by atoms with Gasteiger partial charge in [-0.05, 0) is 49.7 Å². The number of para-hydroxylation sites is 1. The van der Waals surface area contributed by atoms with Crippen molar-refractivity contribution in [3.05, 3.63) is 59.7 Å². The van der Waals surface area contributed by atoms with Gasteiger partial charge in [0.1, 0.15) is 0 Å². The quantitative estimate of drug-likeness (QED) is 0.727. The molecule has 0 aromatic heterocycles. The van der Waals surface area contributed by atoms with Gasteiger partial charge in [-0.15, -0.1) is 0 Å². The Morgan fingerprint density at radius 3 is 2.11 bits per heavy atom. The van der Waals surface area contributed by atoms with Crippen LogP contribution in [0.5, 0.6) is 0 Å². The second-order valence-corrected chi connectivity index (χ2v) is 10.6. The van der Waals surface area contributed by atoms with Gasteiger partial charge in [0, 0.05) is 12.1 Å². The van der Waals surface area contributed by atoms with Crippen molar-refractivity contribution in [1.82, 2.24) is 5.32 Å². The zero-order valence-corrected chi connectivity index (χ0v) is 16.9. The van der Waals surface area contributed by atoms with Crippen molar-refractivity contribution in [3.63, 3.8) is 0 Å². The van der Waals surface area contributed by atoms with Gasteiger partial charge in [-0.3, -0.25) is 9.52 Å². The van der Waals surface area contributed by atoms with Crippen molar-refractivity contribution in [1.29, 1.82) is 0 Å². The van der Waals surface area contributed by atoms with Crippen LogP contribution in [0.25, 0.3) is 0 Å². The van der Waals surface area contributed by atoms with Crippen molar-refractivity contribution >= 4 is 31.5 Å². The first-order valence-electron chi connectivity index (χ1n) is 8.18. The molecule has 7 nitrogen and oxygen atoms in total. The Balaban J connectivity index is 2.11. The van der Waals surface area contributed by atoms with E-state index in [9.17, 15) is 21.6 Å². The van der Waals surface area contributed by atoms with Gasteiger partial charge < -0.3 is 5.32 Å². The van der Waals surface area contributed by atoms with Crippen molar-refractivity contribution in [2.45, 2.75) is 30.5 Å². The molecular weight excluding hydrogens is 388 g/mol. The lowest BCUT2D eigenvalue weighted by atomic mass is 10.1. The second-order valence-electron chi connectivity index (χ2n) is 6.33. The molecule has 0 heterocycles. The van der Waals surface area contributed by atoms with Crippen molar-refractivity contribution in [2.24, 2.45) is 0 Å². The number of hydrogen-bond donors (Lipinski definition) is 2. The Morgan fingerprint density at radius 2 is 1.56 bits per heavy atom. The third kappa shape index (κ3) is 5.54. The summed E-state index contributed by atoms with van der Waals surface area (Å²) in [7, 11) is -6.83. The summed E-state index contributed by atoms with van der Waals surface area (Å²) in [6, 6.07) is 12.4. The molecule has 0 spiro atoms. The monoisotopic (exact) mass is 410 g/mol. The van der Waals surface area contributed by atoms with Crippen LogP contribution in [0.4, 0.5) is 5.69 Å². The molecule has 0 saturated carbocycles. The van der Waals surface area contributed by atoms with Crippen molar-refractivity contribution < 1.29 is 21.6 Å². The smallest absolute Gasteiger partial charge is 0.251 e. The van der Waals surface area contributed by atoms with E-state index in [4.69, 9.17) is 0 Å². The van der Waals surface area contributed by atoms with Crippen LogP contribution in [0.15, 0.2) is 53.4 Å². The van der Waals surface area contributed by atoms with Gasteiger partial charge in [0.2, 0.25) is 10.0 Å². The largest absolute Gasteiger partial charge is 0.348 e. The predicted octanol–water partition coefficient (Wildman–Crippen LogP) is 2.17. The first kappa shape index (κ1) is 20.9. The zero-order valence-electron chi connectivity index (χ0n) is 15.3. The molecule has 0 fully saturated rings. The van der Waals surface area contributed by atoms with E-state index in [0.29, 0.717) is 16.8 Å². The molecule has 0 aliphatic heterocycles. The molecule has 2 aromatic carbocycles. The number of rotatable bonds is 7. The molecule has 0 aliphatic rings. The first-order valence-corrected chi connectivity index (χ1v) is 11.6. The van der Waals surface area contributed by atoms with Gasteiger partial charge in [-0.2, -0.15) is 0 Å². The van der Waals surface area contributed by atoms with E-state index < -0.39 is 31.0 Å². The molecule has 2 rings (SSSR count). The van der Waals surface area contributed by atoms with Crippen LogP contribution in [0, 0.1) is 0 Å². The molecule has 1 amide bonds. The minimum absolute atomic E-state index is 0.115. The van der Waals surface area contributed by atoms with Gasteiger partial charge in [-0.25, -0.2) is 16.8 Å². The van der Waals surface area contributed by atoms with Crippen LogP contribution in [-0.4, -0.2) is 34.2 Å². The Bertz CT molecular complexity index is 1030. The molecule has 2 N–H and O–H groups in total. The van der Waals surface area contributed by atoms with Crippen LogP contribution in [0.2, 0.25) is 0 Å².